The highest BCUT2D eigenvalue weighted by Crippen LogP contribution is 2.44. The van der Waals surface area contributed by atoms with Crippen molar-refractivity contribution in [1.29, 1.82) is 0 Å². The van der Waals surface area contributed by atoms with Crippen LogP contribution in [0.5, 0.6) is 0 Å². The molecule has 8 heteroatoms. The van der Waals surface area contributed by atoms with Crippen LogP contribution in [-0.2, 0) is 22.4 Å². The molecule has 0 amide bonds. The van der Waals surface area contributed by atoms with Gasteiger partial charge in [-0.1, -0.05) is 94.1 Å². The Bertz CT molecular complexity index is 685. The second-order valence-corrected chi connectivity index (χ2v) is 12.7. The zero-order valence-corrected chi connectivity index (χ0v) is 18.9. The zero-order valence-electron chi connectivity index (χ0n) is 12.5. The maximum absolute atomic E-state index is 11.4. The minimum atomic E-state index is -1.06. The molecular weight excluding hydrogens is 576 g/mol. The van der Waals surface area contributed by atoms with Gasteiger partial charge >= 0.3 is 11.9 Å². The normalized spacial score (nSPS) is 13.5. The number of halogens is 4. The third-order valence-corrected chi connectivity index (χ3v) is 5.00. The van der Waals surface area contributed by atoms with Crippen molar-refractivity contribution in [2.75, 3.05) is 0 Å². The molecule has 0 saturated carbocycles. The van der Waals surface area contributed by atoms with Gasteiger partial charge in [-0.25, -0.2) is 9.59 Å². The highest BCUT2D eigenvalue weighted by Gasteiger charge is 2.32. The summed E-state index contributed by atoms with van der Waals surface area (Å²) in [7, 11) is 0. The fraction of sp³-hybridized carbons (Fsp3) is 0.250. The van der Waals surface area contributed by atoms with Gasteiger partial charge in [0.15, 0.2) is 2.14 Å². The van der Waals surface area contributed by atoms with Gasteiger partial charge in [-0.3, -0.25) is 0 Å². The lowest BCUT2D eigenvalue weighted by Gasteiger charge is -2.16. The van der Waals surface area contributed by atoms with Gasteiger partial charge in [0.1, 0.15) is 0 Å². The SMILES string of the molecule is CC(=CCc1ccc(CC(Br)=C(C(=O)O)C(Br)(Br)Br)cc1)C(=O)O. The molecule has 0 spiro atoms. The molecule has 0 aromatic heterocycles. The number of hydrogen-bond acceptors (Lipinski definition) is 2. The van der Waals surface area contributed by atoms with E-state index in [4.69, 9.17) is 5.11 Å². The summed E-state index contributed by atoms with van der Waals surface area (Å²) in [5, 5.41) is 18.2. The number of rotatable bonds is 6. The zero-order chi connectivity index (χ0) is 18.5. The summed E-state index contributed by atoms with van der Waals surface area (Å²) in [6, 6.07) is 7.56. The fourth-order valence-corrected chi connectivity index (χ4v) is 4.63. The van der Waals surface area contributed by atoms with Gasteiger partial charge in [-0.2, -0.15) is 0 Å². The molecule has 0 fully saturated rings. The van der Waals surface area contributed by atoms with Crippen LogP contribution in [-0.4, -0.2) is 24.3 Å². The summed E-state index contributed by atoms with van der Waals surface area (Å²) in [5.74, 6) is -1.98. The lowest BCUT2D eigenvalue weighted by molar-refractivity contribution is -0.133. The first-order valence-corrected chi connectivity index (χ1v) is 9.86. The minimum absolute atomic E-state index is 0.117. The Hall–Kier alpha value is -0.440. The number of allylic oxidation sites excluding steroid dienone is 2. The number of carboxylic acid groups (broad SMARTS) is 2. The molecule has 0 aliphatic heterocycles. The van der Waals surface area contributed by atoms with E-state index >= 15 is 0 Å². The van der Waals surface area contributed by atoms with E-state index in [-0.39, 0.29) is 5.57 Å². The number of hydrogen-bond donors (Lipinski definition) is 2. The molecule has 1 aromatic rings. The maximum Gasteiger partial charge on any atom is 0.335 e. The van der Waals surface area contributed by atoms with Crippen LogP contribution >= 0.6 is 63.7 Å². The molecule has 2 N–H and O–H groups in total. The molecule has 0 aliphatic carbocycles. The Balaban J connectivity index is 2.92. The van der Waals surface area contributed by atoms with Crippen molar-refractivity contribution in [2.45, 2.75) is 21.9 Å². The molecule has 0 heterocycles. The average molecular weight is 590 g/mol. The molecule has 4 nitrogen and oxygen atoms in total. The van der Waals surface area contributed by atoms with Crippen molar-refractivity contribution in [1.82, 2.24) is 0 Å². The summed E-state index contributed by atoms with van der Waals surface area (Å²) in [6.45, 7) is 1.55. The van der Waals surface area contributed by atoms with Crippen LogP contribution in [0, 0.1) is 0 Å². The summed E-state index contributed by atoms with van der Waals surface area (Å²) < 4.78 is -0.494. The number of benzene rings is 1. The molecule has 0 saturated heterocycles. The third kappa shape index (κ3) is 6.82. The Morgan fingerprint density at radius 3 is 1.96 bits per heavy atom. The smallest absolute Gasteiger partial charge is 0.335 e. The van der Waals surface area contributed by atoms with Crippen molar-refractivity contribution >= 4 is 75.7 Å². The van der Waals surface area contributed by atoms with Crippen molar-refractivity contribution in [3.8, 4) is 0 Å². The summed E-state index contributed by atoms with van der Waals surface area (Å²) >= 11 is 13.0. The van der Waals surface area contributed by atoms with Gasteiger partial charge in [0.2, 0.25) is 0 Å². The summed E-state index contributed by atoms with van der Waals surface area (Å²) in [6.07, 6.45) is 2.60. The Labute approximate surface area is 173 Å². The van der Waals surface area contributed by atoms with Crippen LogP contribution in [0.15, 0.2) is 46.0 Å². The molecule has 130 valence electrons. The van der Waals surface area contributed by atoms with Crippen molar-refractivity contribution in [3.63, 3.8) is 0 Å². The van der Waals surface area contributed by atoms with Gasteiger partial charge in [-0.15, -0.1) is 0 Å². The molecule has 0 atom stereocenters. The molecule has 1 rings (SSSR count). The minimum Gasteiger partial charge on any atom is -0.478 e. The lowest BCUT2D eigenvalue weighted by Crippen LogP contribution is -2.16. The van der Waals surface area contributed by atoms with Crippen LogP contribution in [0.25, 0.3) is 0 Å². The highest BCUT2D eigenvalue weighted by molar-refractivity contribution is 9.39. The lowest BCUT2D eigenvalue weighted by atomic mass is 10.0. The number of carboxylic acids is 2. The topological polar surface area (TPSA) is 74.6 Å². The van der Waals surface area contributed by atoms with Crippen LogP contribution in [0.4, 0.5) is 0 Å². The van der Waals surface area contributed by atoms with E-state index in [0.29, 0.717) is 22.9 Å². The van der Waals surface area contributed by atoms with E-state index in [1.54, 1.807) is 13.0 Å². The van der Waals surface area contributed by atoms with E-state index in [9.17, 15) is 14.7 Å². The van der Waals surface area contributed by atoms with Gasteiger partial charge in [0.25, 0.3) is 0 Å². The van der Waals surface area contributed by atoms with Crippen LogP contribution < -0.4 is 0 Å². The molecule has 0 radical (unpaired) electrons. The largest absolute Gasteiger partial charge is 0.478 e. The second-order valence-electron chi connectivity index (χ2n) is 4.97. The van der Waals surface area contributed by atoms with Gasteiger partial charge < -0.3 is 10.2 Å². The van der Waals surface area contributed by atoms with E-state index in [1.165, 1.54) is 0 Å². The predicted molar refractivity (Wildman–Crippen MR) is 108 cm³/mol. The summed E-state index contributed by atoms with van der Waals surface area (Å²) in [4.78, 5) is 22.2. The van der Waals surface area contributed by atoms with E-state index in [2.05, 4.69) is 63.7 Å². The quantitative estimate of drug-likeness (QED) is 0.346. The summed E-state index contributed by atoms with van der Waals surface area (Å²) in [5.41, 5.74) is 2.33. The Kier molecular flexibility index (Phi) is 8.38. The molecule has 0 bridgehead atoms. The molecule has 1 aromatic carbocycles. The van der Waals surface area contributed by atoms with E-state index in [1.807, 2.05) is 24.3 Å². The fourth-order valence-electron chi connectivity index (χ4n) is 1.81. The van der Waals surface area contributed by atoms with E-state index < -0.39 is 14.1 Å². The van der Waals surface area contributed by atoms with Crippen LogP contribution in [0.1, 0.15) is 18.1 Å². The standard InChI is InChI=1S/C16H14Br4O4/c1-9(14(21)22)2-3-10-4-6-11(7-5-10)8-12(17)13(15(23)24)16(18,19)20/h2,4-7H,3,8H2,1H3,(H,21,22)(H,23,24). The first kappa shape index (κ1) is 21.6. The van der Waals surface area contributed by atoms with Gasteiger partial charge in [-0.05, 0) is 24.5 Å². The number of carbonyl (C=O) groups is 2. The van der Waals surface area contributed by atoms with Gasteiger partial charge in [0, 0.05) is 16.5 Å². The van der Waals surface area contributed by atoms with Crippen molar-refractivity contribution in [2.24, 2.45) is 0 Å². The second kappa shape index (κ2) is 9.31. The Morgan fingerprint density at radius 2 is 1.54 bits per heavy atom. The van der Waals surface area contributed by atoms with Crippen LogP contribution in [0.2, 0.25) is 0 Å². The molecular formula is C16H14Br4O4. The third-order valence-electron chi connectivity index (χ3n) is 3.13. The molecule has 0 unspecified atom stereocenters. The first-order chi connectivity index (χ1) is 11.0. The number of alkyl halides is 3. The van der Waals surface area contributed by atoms with Crippen molar-refractivity contribution < 1.29 is 19.8 Å². The number of aliphatic carboxylic acids is 2. The first-order valence-electron chi connectivity index (χ1n) is 6.69. The van der Waals surface area contributed by atoms with Crippen molar-refractivity contribution in [3.05, 3.63) is 57.1 Å². The molecule has 24 heavy (non-hydrogen) atoms. The average Bonchev–Trinajstić information content (AvgIpc) is 2.43. The maximum atomic E-state index is 11.4. The predicted octanol–water partition coefficient (Wildman–Crippen LogP) is 5.37. The van der Waals surface area contributed by atoms with Gasteiger partial charge in [0.05, 0.1) is 5.57 Å². The Morgan fingerprint density at radius 1 is 1.04 bits per heavy atom. The molecule has 0 aliphatic rings. The monoisotopic (exact) mass is 586 g/mol. The highest BCUT2D eigenvalue weighted by atomic mass is 80.0. The van der Waals surface area contributed by atoms with Crippen LogP contribution in [0.3, 0.4) is 0 Å². The van der Waals surface area contributed by atoms with E-state index in [0.717, 1.165) is 11.1 Å².